The van der Waals surface area contributed by atoms with Crippen molar-refractivity contribution in [1.29, 1.82) is 0 Å². The molecule has 130 valence electrons. The smallest absolute Gasteiger partial charge is 0.257 e. The molecule has 0 radical (unpaired) electrons. The van der Waals surface area contributed by atoms with Gasteiger partial charge in [-0.2, -0.15) is 0 Å². The van der Waals surface area contributed by atoms with Crippen LogP contribution in [0.1, 0.15) is 28.5 Å². The molecule has 6 nitrogen and oxygen atoms in total. The van der Waals surface area contributed by atoms with Gasteiger partial charge in [0.15, 0.2) is 0 Å². The molecule has 0 spiro atoms. The largest absolute Gasteiger partial charge is 0.338 e. The number of rotatable bonds is 4. The number of amides is 1. The van der Waals surface area contributed by atoms with E-state index in [1.165, 1.54) is 5.56 Å². The van der Waals surface area contributed by atoms with Crippen molar-refractivity contribution in [2.45, 2.75) is 20.0 Å². The highest BCUT2D eigenvalue weighted by Gasteiger charge is 2.29. The van der Waals surface area contributed by atoms with Gasteiger partial charge in [-0.25, -0.2) is 9.97 Å². The molecule has 0 N–H and O–H groups in total. The van der Waals surface area contributed by atoms with Crippen molar-refractivity contribution in [3.05, 3.63) is 53.3 Å². The third-order valence-corrected chi connectivity index (χ3v) is 5.00. The number of aromatic nitrogens is 2. The molecule has 0 bridgehead atoms. The van der Waals surface area contributed by atoms with Crippen molar-refractivity contribution in [2.75, 3.05) is 37.6 Å². The van der Waals surface area contributed by atoms with Gasteiger partial charge in [0.2, 0.25) is 5.95 Å². The van der Waals surface area contributed by atoms with Crippen LogP contribution in [0.3, 0.4) is 0 Å². The van der Waals surface area contributed by atoms with Crippen LogP contribution in [0.5, 0.6) is 0 Å². The predicted molar refractivity (Wildman–Crippen MR) is 96.4 cm³/mol. The minimum absolute atomic E-state index is 0.0525. The van der Waals surface area contributed by atoms with Crippen LogP contribution in [0.25, 0.3) is 0 Å². The van der Waals surface area contributed by atoms with Gasteiger partial charge in [0.25, 0.3) is 5.91 Å². The quantitative estimate of drug-likeness (QED) is 0.851. The van der Waals surface area contributed by atoms with Crippen LogP contribution in [0.15, 0.2) is 36.5 Å². The number of carbonyl (C=O) groups excluding carboxylic acids is 1. The molecule has 2 aromatic rings. The van der Waals surface area contributed by atoms with Gasteiger partial charge in [0, 0.05) is 45.5 Å². The zero-order valence-corrected chi connectivity index (χ0v) is 14.6. The summed E-state index contributed by atoms with van der Waals surface area (Å²) in [4.78, 5) is 27.8. The second kappa shape index (κ2) is 6.80. The van der Waals surface area contributed by atoms with Gasteiger partial charge in [-0.05, 0) is 12.5 Å². The fourth-order valence-corrected chi connectivity index (χ4v) is 3.48. The van der Waals surface area contributed by atoms with Crippen molar-refractivity contribution < 1.29 is 4.79 Å². The molecule has 0 saturated carbocycles. The molecule has 1 aromatic carbocycles. The molecule has 0 atom stereocenters. The first-order chi connectivity index (χ1) is 12.2. The summed E-state index contributed by atoms with van der Waals surface area (Å²) in [6.45, 7) is 8.11. The summed E-state index contributed by atoms with van der Waals surface area (Å²) in [7, 11) is 0. The Bertz CT molecular complexity index is 756. The SMILES string of the molecule is CCN1Cc2nc(N3CCN(Cc4ccccc4)CC3)ncc2C1=O. The summed E-state index contributed by atoms with van der Waals surface area (Å²) in [5.74, 6) is 0.806. The highest BCUT2D eigenvalue weighted by atomic mass is 16.2. The van der Waals surface area contributed by atoms with Crippen LogP contribution in [0.4, 0.5) is 5.95 Å². The lowest BCUT2D eigenvalue weighted by molar-refractivity contribution is 0.0786. The van der Waals surface area contributed by atoms with Crippen molar-refractivity contribution >= 4 is 11.9 Å². The van der Waals surface area contributed by atoms with Crippen LogP contribution in [-0.4, -0.2) is 58.4 Å². The Morgan fingerprint density at radius 2 is 1.84 bits per heavy atom. The van der Waals surface area contributed by atoms with E-state index in [4.69, 9.17) is 0 Å². The second-order valence-electron chi connectivity index (χ2n) is 6.60. The van der Waals surface area contributed by atoms with Gasteiger partial charge in [-0.3, -0.25) is 9.69 Å². The van der Waals surface area contributed by atoms with Crippen LogP contribution in [0, 0.1) is 0 Å². The molecule has 0 unspecified atom stereocenters. The molecule has 1 fully saturated rings. The molecular formula is C19H23N5O. The standard InChI is InChI=1S/C19H23N5O/c1-2-23-14-17-16(18(23)25)12-20-19(21-17)24-10-8-22(9-11-24)13-15-6-4-3-5-7-15/h3-7,12H,2,8-11,13-14H2,1H3. The maximum Gasteiger partial charge on any atom is 0.257 e. The van der Waals surface area contributed by atoms with Crippen LogP contribution < -0.4 is 4.90 Å². The van der Waals surface area contributed by atoms with Gasteiger partial charge in [-0.15, -0.1) is 0 Å². The van der Waals surface area contributed by atoms with E-state index in [0.717, 1.165) is 44.4 Å². The average Bonchev–Trinajstić information content (AvgIpc) is 2.98. The number of piperazine rings is 1. The lowest BCUT2D eigenvalue weighted by atomic mass is 10.2. The number of carbonyl (C=O) groups is 1. The number of nitrogens with zero attached hydrogens (tertiary/aromatic N) is 5. The summed E-state index contributed by atoms with van der Waals surface area (Å²) in [5.41, 5.74) is 2.87. The van der Waals surface area contributed by atoms with Crippen LogP contribution in [0.2, 0.25) is 0 Å². The maximum absolute atomic E-state index is 12.2. The normalized spacial score (nSPS) is 17.9. The monoisotopic (exact) mass is 337 g/mol. The Labute approximate surface area is 148 Å². The van der Waals surface area contributed by atoms with E-state index in [1.54, 1.807) is 11.1 Å². The summed E-state index contributed by atoms with van der Waals surface area (Å²) >= 11 is 0. The van der Waals surface area contributed by atoms with Crippen molar-refractivity contribution in [3.63, 3.8) is 0 Å². The molecule has 25 heavy (non-hydrogen) atoms. The van der Waals surface area contributed by atoms with E-state index in [0.29, 0.717) is 18.7 Å². The summed E-state index contributed by atoms with van der Waals surface area (Å²) in [5, 5.41) is 0. The van der Waals surface area contributed by atoms with Crippen LogP contribution >= 0.6 is 0 Å². The van der Waals surface area contributed by atoms with Gasteiger partial charge in [0.05, 0.1) is 17.8 Å². The summed E-state index contributed by atoms with van der Waals surface area (Å²) in [6, 6.07) is 10.6. The van der Waals surface area contributed by atoms with Crippen molar-refractivity contribution in [1.82, 2.24) is 19.8 Å². The van der Waals surface area contributed by atoms with Gasteiger partial charge in [0.1, 0.15) is 0 Å². The third-order valence-electron chi connectivity index (χ3n) is 5.00. The second-order valence-corrected chi connectivity index (χ2v) is 6.60. The number of hydrogen-bond acceptors (Lipinski definition) is 5. The molecular weight excluding hydrogens is 314 g/mol. The molecule has 1 amide bonds. The fraction of sp³-hybridized carbons (Fsp3) is 0.421. The first kappa shape index (κ1) is 16.0. The number of anilines is 1. The zero-order chi connectivity index (χ0) is 17.2. The fourth-order valence-electron chi connectivity index (χ4n) is 3.48. The Morgan fingerprint density at radius 3 is 2.56 bits per heavy atom. The van der Waals surface area contributed by atoms with E-state index in [-0.39, 0.29) is 5.91 Å². The Morgan fingerprint density at radius 1 is 1.08 bits per heavy atom. The van der Waals surface area contributed by atoms with Gasteiger partial charge in [-0.1, -0.05) is 30.3 Å². The first-order valence-corrected chi connectivity index (χ1v) is 8.91. The number of hydrogen-bond donors (Lipinski definition) is 0. The maximum atomic E-state index is 12.2. The Balaban J connectivity index is 1.39. The lowest BCUT2D eigenvalue weighted by Crippen LogP contribution is -2.46. The number of fused-ring (bicyclic) bond motifs is 1. The summed E-state index contributed by atoms with van der Waals surface area (Å²) in [6.07, 6.45) is 1.70. The molecule has 0 aliphatic carbocycles. The molecule has 2 aliphatic rings. The van der Waals surface area contributed by atoms with E-state index >= 15 is 0 Å². The topological polar surface area (TPSA) is 52.6 Å². The zero-order valence-electron chi connectivity index (χ0n) is 14.6. The third kappa shape index (κ3) is 3.22. The van der Waals surface area contributed by atoms with Crippen LogP contribution in [-0.2, 0) is 13.1 Å². The van der Waals surface area contributed by atoms with Crippen molar-refractivity contribution in [2.24, 2.45) is 0 Å². The molecule has 1 aromatic heterocycles. The molecule has 6 heteroatoms. The highest BCUT2D eigenvalue weighted by Crippen LogP contribution is 2.22. The molecule has 2 aliphatic heterocycles. The minimum Gasteiger partial charge on any atom is -0.338 e. The Kier molecular flexibility index (Phi) is 4.36. The van der Waals surface area contributed by atoms with E-state index in [9.17, 15) is 4.79 Å². The van der Waals surface area contributed by atoms with E-state index in [2.05, 4.69) is 50.1 Å². The summed E-state index contributed by atoms with van der Waals surface area (Å²) < 4.78 is 0. The highest BCUT2D eigenvalue weighted by molar-refractivity contribution is 5.97. The number of benzene rings is 1. The molecule has 3 heterocycles. The predicted octanol–water partition coefficient (Wildman–Crippen LogP) is 1.77. The Hall–Kier alpha value is -2.47. The molecule has 4 rings (SSSR count). The van der Waals surface area contributed by atoms with E-state index < -0.39 is 0 Å². The minimum atomic E-state index is 0.0525. The molecule has 1 saturated heterocycles. The van der Waals surface area contributed by atoms with Gasteiger partial charge < -0.3 is 9.80 Å². The van der Waals surface area contributed by atoms with E-state index in [1.807, 2.05) is 6.92 Å². The van der Waals surface area contributed by atoms with Crippen molar-refractivity contribution in [3.8, 4) is 0 Å². The van der Waals surface area contributed by atoms with Gasteiger partial charge >= 0.3 is 0 Å². The average molecular weight is 337 g/mol. The lowest BCUT2D eigenvalue weighted by Gasteiger charge is -2.34. The first-order valence-electron chi connectivity index (χ1n) is 8.91.